The van der Waals surface area contributed by atoms with E-state index in [0.717, 1.165) is 11.0 Å². The predicted molar refractivity (Wildman–Crippen MR) is 167 cm³/mol. The van der Waals surface area contributed by atoms with Gasteiger partial charge in [0.25, 0.3) is 11.8 Å². The number of amides is 4. The van der Waals surface area contributed by atoms with Crippen LogP contribution in [0.4, 0.5) is 33.3 Å². The van der Waals surface area contributed by atoms with Crippen molar-refractivity contribution < 1.29 is 55.7 Å². The summed E-state index contributed by atoms with van der Waals surface area (Å²) in [5, 5.41) is 11.4. The molecule has 50 heavy (non-hydrogen) atoms. The lowest BCUT2D eigenvalue weighted by molar-refractivity contribution is -0.125. The van der Waals surface area contributed by atoms with Crippen molar-refractivity contribution in [3.63, 3.8) is 0 Å². The molecule has 6 unspecified atom stereocenters. The molecule has 2 heterocycles. The fourth-order valence-corrected chi connectivity index (χ4v) is 8.80. The number of carbonyl (C=O) groups excluding carboxylic acids is 4. The summed E-state index contributed by atoms with van der Waals surface area (Å²) in [7, 11) is 2.47. The lowest BCUT2D eigenvalue weighted by Crippen LogP contribution is -2.60. The van der Waals surface area contributed by atoms with Crippen LogP contribution in [0.5, 0.6) is 17.2 Å². The quantitative estimate of drug-likeness (QED) is 0.0871. The minimum Gasteiger partial charge on any atom is -0.507 e. The van der Waals surface area contributed by atoms with Gasteiger partial charge in [0.05, 0.1) is 31.7 Å². The number of anilines is 2. The molecule has 4 aliphatic rings. The fourth-order valence-electron chi connectivity index (χ4n) is 7.88. The van der Waals surface area contributed by atoms with E-state index in [2.05, 4.69) is 0 Å². The van der Waals surface area contributed by atoms with Gasteiger partial charge in [-0.1, -0.05) is 29.8 Å². The number of aromatic hydroxyl groups is 1. The SMILES string of the molecule is COc1cc(O)c(C2C3=CCC4C(=O)N(c5ccccc5)C(=O)C4C3CC3(Cl)C(=O)N(c4c(F)c(F)c(F)c(F)c4F)C(=O)C23Cl)c(OC)c1. The van der Waals surface area contributed by atoms with Crippen molar-refractivity contribution in [1.29, 1.82) is 0 Å². The van der Waals surface area contributed by atoms with E-state index in [9.17, 15) is 37.5 Å². The summed E-state index contributed by atoms with van der Waals surface area (Å²) in [6.07, 6.45) is 0.740. The number of fused-ring (bicyclic) bond motifs is 4. The van der Waals surface area contributed by atoms with Crippen molar-refractivity contribution in [3.8, 4) is 17.2 Å². The largest absolute Gasteiger partial charge is 0.507 e. The number of carbonyl (C=O) groups is 4. The third-order valence-corrected chi connectivity index (χ3v) is 11.5. The fraction of sp³-hybridized carbons (Fsp3) is 0.294. The molecule has 9 nitrogen and oxygen atoms in total. The lowest BCUT2D eigenvalue weighted by atomic mass is 9.56. The normalized spacial score (nSPS) is 28.8. The van der Waals surface area contributed by atoms with Crippen LogP contribution in [0.2, 0.25) is 0 Å². The number of para-hydroxylation sites is 1. The lowest BCUT2D eigenvalue weighted by Gasteiger charge is -2.50. The molecule has 2 saturated heterocycles. The van der Waals surface area contributed by atoms with E-state index in [1.165, 1.54) is 26.4 Å². The average molecular weight is 737 g/mol. The van der Waals surface area contributed by atoms with Crippen LogP contribution < -0.4 is 19.3 Å². The summed E-state index contributed by atoms with van der Waals surface area (Å²) in [5.41, 5.74) is -1.77. The third-order valence-electron chi connectivity index (χ3n) is 10.1. The standard InChI is InChI=1S/C34H23Cl2F5N2O7/c1-49-14-10-18(44)21(19(11-14)50-2)22-15-8-9-16-20(30(46)42(29(16)45)13-6-4-3-5-7-13)17(15)12-33(35)31(47)43(32(48)34(22,33)36)28-26(40)24(38)23(37)25(39)27(28)41/h3-8,10-11,16-17,20,22,44H,9,12H2,1-2H3. The first-order valence-electron chi connectivity index (χ1n) is 15.0. The van der Waals surface area contributed by atoms with Crippen molar-refractivity contribution in [2.75, 3.05) is 24.0 Å². The van der Waals surface area contributed by atoms with Crippen molar-refractivity contribution in [1.82, 2.24) is 0 Å². The second-order valence-corrected chi connectivity index (χ2v) is 13.5. The third kappa shape index (κ3) is 4.17. The number of phenols is 1. The van der Waals surface area contributed by atoms with Gasteiger partial charge >= 0.3 is 0 Å². The molecule has 6 atom stereocenters. The summed E-state index contributed by atoms with van der Waals surface area (Å²) >= 11 is 14.3. The number of halogens is 7. The molecule has 16 heteroatoms. The van der Waals surface area contributed by atoms with Crippen LogP contribution in [0.3, 0.4) is 0 Å². The van der Waals surface area contributed by atoms with Gasteiger partial charge in [0.1, 0.15) is 22.9 Å². The topological polar surface area (TPSA) is 113 Å². The van der Waals surface area contributed by atoms with Crippen LogP contribution in [0.25, 0.3) is 0 Å². The first-order valence-corrected chi connectivity index (χ1v) is 15.8. The molecule has 3 fully saturated rings. The van der Waals surface area contributed by atoms with Crippen molar-refractivity contribution >= 4 is 58.2 Å². The van der Waals surface area contributed by atoms with E-state index in [1.807, 2.05) is 0 Å². The number of allylic oxidation sites excluding steroid dienone is 2. The molecule has 3 aromatic rings. The van der Waals surface area contributed by atoms with Gasteiger partial charge in [-0.3, -0.25) is 24.1 Å². The zero-order valence-corrected chi connectivity index (χ0v) is 27.3. The minimum atomic E-state index is -2.84. The number of rotatable bonds is 5. The Morgan fingerprint density at radius 3 is 2.02 bits per heavy atom. The van der Waals surface area contributed by atoms with E-state index >= 15 is 8.78 Å². The average Bonchev–Trinajstić information content (AvgIpc) is 3.45. The summed E-state index contributed by atoms with van der Waals surface area (Å²) in [4.78, 5) is 51.8. The summed E-state index contributed by atoms with van der Waals surface area (Å²) in [6.45, 7) is 0. The highest BCUT2D eigenvalue weighted by Gasteiger charge is 2.77. The number of nitrogens with zero attached hydrogens (tertiary/aromatic N) is 2. The van der Waals surface area contributed by atoms with E-state index in [-0.39, 0.29) is 39.6 Å². The van der Waals surface area contributed by atoms with Gasteiger partial charge in [-0.15, -0.1) is 23.2 Å². The number of alkyl halides is 2. The number of methoxy groups -OCH3 is 2. The highest BCUT2D eigenvalue weighted by Crippen LogP contribution is 2.67. The molecule has 2 aliphatic heterocycles. The molecule has 0 bridgehead atoms. The molecule has 4 amide bonds. The van der Waals surface area contributed by atoms with Gasteiger partial charge in [0.15, 0.2) is 33.0 Å². The number of ether oxygens (including phenoxy) is 2. The van der Waals surface area contributed by atoms with E-state index in [1.54, 1.807) is 30.3 Å². The molecule has 0 spiro atoms. The van der Waals surface area contributed by atoms with Crippen LogP contribution in [-0.4, -0.2) is 52.7 Å². The molecule has 1 N–H and O–H groups in total. The van der Waals surface area contributed by atoms with Crippen molar-refractivity contribution in [2.45, 2.75) is 28.5 Å². The number of benzene rings is 3. The molecule has 7 rings (SSSR count). The molecule has 260 valence electrons. The molecular formula is C34H23Cl2F5N2O7. The van der Waals surface area contributed by atoms with Gasteiger partial charge in [-0.05, 0) is 30.9 Å². The highest BCUT2D eigenvalue weighted by molar-refractivity contribution is 6.58. The first-order chi connectivity index (χ1) is 23.6. The molecule has 1 saturated carbocycles. The van der Waals surface area contributed by atoms with Crippen molar-refractivity contribution in [3.05, 3.63) is 88.8 Å². The summed E-state index contributed by atoms with van der Waals surface area (Å²) < 4.78 is 84.2. The van der Waals surface area contributed by atoms with Crippen LogP contribution >= 0.6 is 23.2 Å². The second-order valence-electron chi connectivity index (χ2n) is 12.3. The summed E-state index contributed by atoms with van der Waals surface area (Å²) in [5.74, 6) is -22.8. The zero-order valence-electron chi connectivity index (χ0n) is 25.8. The van der Waals surface area contributed by atoms with E-state index in [4.69, 9.17) is 32.7 Å². The second kappa shape index (κ2) is 11.4. The van der Waals surface area contributed by atoms with Crippen LogP contribution in [-0.2, 0) is 19.2 Å². The smallest absolute Gasteiger partial charge is 0.258 e. The Morgan fingerprint density at radius 2 is 1.42 bits per heavy atom. The Morgan fingerprint density at radius 1 is 0.800 bits per heavy atom. The Labute approximate surface area is 289 Å². The molecule has 3 aromatic carbocycles. The van der Waals surface area contributed by atoms with E-state index in [0.29, 0.717) is 0 Å². The molecule has 2 aliphatic carbocycles. The first kappa shape index (κ1) is 33.8. The van der Waals surface area contributed by atoms with Gasteiger partial charge in [0, 0.05) is 23.6 Å². The zero-order chi connectivity index (χ0) is 36.2. The highest BCUT2D eigenvalue weighted by atomic mass is 35.5. The summed E-state index contributed by atoms with van der Waals surface area (Å²) in [6, 6.07) is 10.4. The van der Waals surface area contributed by atoms with E-state index < -0.39 is 104 Å². The maximum atomic E-state index is 15.3. The monoisotopic (exact) mass is 736 g/mol. The Balaban J connectivity index is 1.48. The number of imide groups is 2. The van der Waals surface area contributed by atoms with Gasteiger partial charge in [-0.2, -0.15) is 0 Å². The van der Waals surface area contributed by atoms with Crippen LogP contribution in [0.15, 0.2) is 54.1 Å². The van der Waals surface area contributed by atoms with Crippen molar-refractivity contribution in [2.24, 2.45) is 17.8 Å². The molecule has 0 radical (unpaired) electrons. The van der Waals surface area contributed by atoms with Gasteiger partial charge in [0.2, 0.25) is 17.6 Å². The Kier molecular flexibility index (Phi) is 7.72. The number of hydrogen-bond donors (Lipinski definition) is 1. The van der Waals surface area contributed by atoms with Gasteiger partial charge in [-0.25, -0.2) is 26.9 Å². The van der Waals surface area contributed by atoms with Gasteiger partial charge < -0.3 is 14.6 Å². The van der Waals surface area contributed by atoms with Crippen LogP contribution in [0.1, 0.15) is 24.3 Å². The maximum Gasteiger partial charge on any atom is 0.258 e. The van der Waals surface area contributed by atoms with Crippen LogP contribution in [0, 0.1) is 46.8 Å². The number of phenolic OH excluding ortho intramolecular Hbond substituents is 1. The minimum absolute atomic E-state index is 0.0702. The Hall–Kier alpha value is -4.69. The number of hydrogen-bond acceptors (Lipinski definition) is 7. The maximum absolute atomic E-state index is 15.3. The Bertz CT molecular complexity index is 2060. The predicted octanol–water partition coefficient (Wildman–Crippen LogP) is 5.87. The molecule has 0 aromatic heterocycles. The molecular weight excluding hydrogens is 714 g/mol.